The second-order valence-electron chi connectivity index (χ2n) is 1.53. The Kier molecular flexibility index (Phi) is 2.26. The summed E-state index contributed by atoms with van der Waals surface area (Å²) < 4.78 is 4.05. The van der Waals surface area contributed by atoms with Crippen LogP contribution >= 0.6 is 27.5 Å². The Morgan fingerprint density at radius 2 is 2.56 bits per heavy atom. The molecule has 0 N–H and O–H groups in total. The van der Waals surface area contributed by atoms with Crippen LogP contribution in [0, 0.1) is 17.7 Å². The fourth-order valence-corrected chi connectivity index (χ4v) is 1.32. The Morgan fingerprint density at radius 1 is 1.78 bits per heavy atom. The van der Waals surface area contributed by atoms with Gasteiger partial charge in [-0.2, -0.15) is 4.37 Å². The molecule has 0 unspecified atom stereocenters. The van der Waals surface area contributed by atoms with E-state index in [0.717, 1.165) is 11.3 Å². The van der Waals surface area contributed by atoms with Crippen LogP contribution in [0.25, 0.3) is 0 Å². The lowest BCUT2D eigenvalue weighted by Gasteiger charge is -1.78. The van der Waals surface area contributed by atoms with Crippen LogP contribution in [0.1, 0.15) is 11.3 Å². The van der Waals surface area contributed by atoms with Gasteiger partial charge in [0.15, 0.2) is 0 Å². The highest BCUT2D eigenvalue weighted by Crippen LogP contribution is 2.06. The number of hydrogen-bond acceptors (Lipinski definition) is 2. The molecule has 0 aromatic carbocycles. The maximum absolute atomic E-state index is 4.05. The van der Waals surface area contributed by atoms with Gasteiger partial charge in [-0.1, -0.05) is 5.92 Å². The van der Waals surface area contributed by atoms with E-state index in [1.54, 1.807) is 0 Å². The first-order chi connectivity index (χ1) is 4.34. The molecular formula is C6H4BrNS. The summed E-state index contributed by atoms with van der Waals surface area (Å²) in [5, 5.41) is 1.93. The van der Waals surface area contributed by atoms with Gasteiger partial charge in [0, 0.05) is 21.3 Å². The Bertz CT molecular complexity index is 256. The van der Waals surface area contributed by atoms with Crippen molar-refractivity contribution in [1.82, 2.24) is 4.37 Å². The molecule has 3 heteroatoms. The number of hydrogen-bond donors (Lipinski definition) is 0. The highest BCUT2D eigenvalue weighted by molar-refractivity contribution is 9.12. The van der Waals surface area contributed by atoms with E-state index in [1.165, 1.54) is 11.5 Å². The van der Waals surface area contributed by atoms with Gasteiger partial charge >= 0.3 is 0 Å². The predicted octanol–water partition coefficient (Wildman–Crippen LogP) is 2.16. The lowest BCUT2D eigenvalue weighted by atomic mass is 10.3. The highest BCUT2D eigenvalue weighted by atomic mass is 79.9. The van der Waals surface area contributed by atoms with Crippen molar-refractivity contribution in [3.05, 3.63) is 16.6 Å². The maximum Gasteiger partial charge on any atom is 0.0667 e. The van der Waals surface area contributed by atoms with E-state index in [-0.39, 0.29) is 0 Å². The van der Waals surface area contributed by atoms with E-state index in [4.69, 9.17) is 0 Å². The fourth-order valence-electron chi connectivity index (χ4n) is 0.463. The molecule has 1 aromatic rings. The van der Waals surface area contributed by atoms with Gasteiger partial charge in [0.1, 0.15) is 0 Å². The van der Waals surface area contributed by atoms with Gasteiger partial charge in [-0.05, 0) is 23.3 Å². The number of nitrogens with zero attached hydrogens (tertiary/aromatic N) is 1. The summed E-state index contributed by atoms with van der Waals surface area (Å²) in [5.74, 6) is 2.87. The first-order valence-corrected chi connectivity index (χ1v) is 4.00. The zero-order valence-corrected chi connectivity index (χ0v) is 7.21. The van der Waals surface area contributed by atoms with Crippen molar-refractivity contribution in [2.45, 2.75) is 6.92 Å². The van der Waals surface area contributed by atoms with E-state index in [1.807, 2.05) is 12.3 Å². The van der Waals surface area contributed by atoms with Crippen molar-refractivity contribution in [2.75, 3.05) is 0 Å². The average Bonchev–Trinajstić information content (AvgIpc) is 2.18. The quantitative estimate of drug-likeness (QED) is 0.587. The summed E-state index contributed by atoms with van der Waals surface area (Å²) in [5.41, 5.74) is 2.02. The minimum atomic E-state index is 1.01. The molecule has 9 heavy (non-hydrogen) atoms. The van der Waals surface area contributed by atoms with Crippen LogP contribution in [0.3, 0.4) is 0 Å². The van der Waals surface area contributed by atoms with Crippen molar-refractivity contribution >= 4 is 27.5 Å². The van der Waals surface area contributed by atoms with E-state index in [9.17, 15) is 0 Å². The minimum Gasteiger partial charge on any atom is -0.197 e. The van der Waals surface area contributed by atoms with Gasteiger partial charge in [-0.3, -0.25) is 0 Å². The lowest BCUT2D eigenvalue weighted by Crippen LogP contribution is -1.72. The van der Waals surface area contributed by atoms with Gasteiger partial charge < -0.3 is 0 Å². The van der Waals surface area contributed by atoms with Crippen LogP contribution in [0.15, 0.2) is 5.38 Å². The maximum atomic E-state index is 4.05. The first-order valence-electron chi connectivity index (χ1n) is 2.37. The molecule has 0 aliphatic rings. The number of aromatic nitrogens is 1. The van der Waals surface area contributed by atoms with Gasteiger partial charge in [-0.25, -0.2) is 0 Å². The monoisotopic (exact) mass is 201 g/mol. The summed E-state index contributed by atoms with van der Waals surface area (Å²) >= 11 is 4.45. The molecule has 1 aromatic heterocycles. The fraction of sp³-hybridized carbons (Fsp3) is 0.167. The largest absolute Gasteiger partial charge is 0.197 e. The summed E-state index contributed by atoms with van der Waals surface area (Å²) in [6.07, 6.45) is 0. The van der Waals surface area contributed by atoms with Crippen molar-refractivity contribution in [3.63, 3.8) is 0 Å². The average molecular weight is 202 g/mol. The zero-order valence-electron chi connectivity index (χ0n) is 4.81. The third-order valence-electron chi connectivity index (χ3n) is 0.932. The number of aryl methyl sites for hydroxylation is 1. The van der Waals surface area contributed by atoms with Crippen molar-refractivity contribution < 1.29 is 0 Å². The molecule has 0 saturated heterocycles. The van der Waals surface area contributed by atoms with Crippen LogP contribution in [0.2, 0.25) is 0 Å². The summed E-state index contributed by atoms with van der Waals surface area (Å²) in [4.78, 5) is 2.64. The van der Waals surface area contributed by atoms with Crippen molar-refractivity contribution in [3.8, 4) is 10.8 Å². The smallest absolute Gasteiger partial charge is 0.0667 e. The molecule has 0 amide bonds. The third kappa shape index (κ3) is 1.54. The van der Waals surface area contributed by atoms with Gasteiger partial charge in [0.25, 0.3) is 0 Å². The van der Waals surface area contributed by atoms with Crippen molar-refractivity contribution in [1.29, 1.82) is 0 Å². The Hall–Kier alpha value is -0.330. The van der Waals surface area contributed by atoms with Crippen LogP contribution in [0.4, 0.5) is 0 Å². The van der Waals surface area contributed by atoms with Crippen molar-refractivity contribution in [2.24, 2.45) is 0 Å². The molecule has 0 radical (unpaired) electrons. The van der Waals surface area contributed by atoms with Crippen LogP contribution < -0.4 is 0 Å². The SMILES string of the molecule is Cc1nscc1C#CBr. The van der Waals surface area contributed by atoms with Crippen LogP contribution in [-0.4, -0.2) is 4.37 Å². The molecule has 1 rings (SSSR count). The molecule has 46 valence electrons. The molecule has 0 saturated carbocycles. The van der Waals surface area contributed by atoms with Crippen LogP contribution in [-0.2, 0) is 0 Å². The Labute approximate surface area is 66.4 Å². The molecule has 1 heterocycles. The third-order valence-corrected chi connectivity index (χ3v) is 1.85. The van der Waals surface area contributed by atoms with Gasteiger partial charge in [0.05, 0.1) is 11.3 Å². The van der Waals surface area contributed by atoms with E-state index in [0.29, 0.717) is 0 Å². The molecular weight excluding hydrogens is 198 g/mol. The lowest BCUT2D eigenvalue weighted by molar-refractivity contribution is 1.33. The Balaban J connectivity index is 3.03. The van der Waals surface area contributed by atoms with E-state index < -0.39 is 0 Å². The topological polar surface area (TPSA) is 12.9 Å². The molecule has 0 fully saturated rings. The normalized spacial score (nSPS) is 8.22. The highest BCUT2D eigenvalue weighted by Gasteiger charge is 1.93. The van der Waals surface area contributed by atoms with Gasteiger partial charge in [0.2, 0.25) is 0 Å². The van der Waals surface area contributed by atoms with E-state index in [2.05, 4.69) is 31.1 Å². The first kappa shape index (κ1) is 6.79. The Morgan fingerprint density at radius 3 is 3.00 bits per heavy atom. The summed E-state index contributed by atoms with van der Waals surface area (Å²) in [7, 11) is 0. The molecule has 0 spiro atoms. The number of halogens is 1. The standard InChI is InChI=1S/C6H4BrNS/c1-5-6(2-3-7)4-9-8-5/h4H,1H3. The molecule has 0 aliphatic carbocycles. The minimum absolute atomic E-state index is 1.01. The summed E-state index contributed by atoms with van der Waals surface area (Å²) in [6.45, 7) is 1.95. The van der Waals surface area contributed by atoms with Crippen LogP contribution in [0.5, 0.6) is 0 Å². The van der Waals surface area contributed by atoms with Gasteiger partial charge in [-0.15, -0.1) is 0 Å². The summed E-state index contributed by atoms with van der Waals surface area (Å²) in [6, 6.07) is 0. The molecule has 0 bridgehead atoms. The second kappa shape index (κ2) is 3.00. The zero-order chi connectivity index (χ0) is 6.69. The molecule has 0 atom stereocenters. The van der Waals surface area contributed by atoms with E-state index >= 15 is 0 Å². The molecule has 1 nitrogen and oxygen atoms in total. The second-order valence-corrected chi connectivity index (χ2v) is 2.56. The predicted molar refractivity (Wildman–Crippen MR) is 42.7 cm³/mol. The number of rotatable bonds is 0. The molecule has 0 aliphatic heterocycles.